The molecule has 1 aromatic heterocycles. The number of carbonyl (C=O) groups is 2. The number of hydrogen-bond acceptors (Lipinski definition) is 4. The molecule has 4 nitrogen and oxygen atoms in total. The van der Waals surface area contributed by atoms with E-state index in [1.165, 1.54) is 16.2 Å². The molecular formula is C23H20N2O2S. The highest BCUT2D eigenvalue weighted by Gasteiger charge is 2.39. The van der Waals surface area contributed by atoms with E-state index in [1.54, 1.807) is 0 Å². The maximum absolute atomic E-state index is 13.2. The van der Waals surface area contributed by atoms with Crippen molar-refractivity contribution < 1.29 is 9.59 Å². The zero-order valence-electron chi connectivity index (χ0n) is 15.7. The highest BCUT2D eigenvalue weighted by molar-refractivity contribution is 7.11. The van der Waals surface area contributed by atoms with Crippen LogP contribution in [0.1, 0.15) is 21.6 Å². The van der Waals surface area contributed by atoms with E-state index < -0.39 is 0 Å². The Labute approximate surface area is 168 Å². The Bertz CT molecular complexity index is 1070. The number of nitrogens with zero attached hydrogens (tertiary/aromatic N) is 1. The lowest BCUT2D eigenvalue weighted by atomic mass is 10.1. The molecule has 2 amide bonds. The lowest BCUT2D eigenvalue weighted by Gasteiger charge is -2.16. The molecule has 5 heteroatoms. The Hall–Kier alpha value is -3.18. The van der Waals surface area contributed by atoms with Crippen LogP contribution in [0.3, 0.4) is 0 Å². The predicted octanol–water partition coefficient (Wildman–Crippen LogP) is 4.76. The molecule has 0 unspecified atom stereocenters. The molecule has 0 radical (unpaired) electrons. The van der Waals surface area contributed by atoms with E-state index in [9.17, 15) is 9.59 Å². The van der Waals surface area contributed by atoms with Gasteiger partial charge in [0.15, 0.2) is 0 Å². The molecular weight excluding hydrogens is 368 g/mol. The van der Waals surface area contributed by atoms with Crippen molar-refractivity contribution in [1.82, 2.24) is 4.90 Å². The summed E-state index contributed by atoms with van der Waals surface area (Å²) in [4.78, 5) is 28.5. The first-order chi connectivity index (χ1) is 13.5. The quantitative estimate of drug-likeness (QED) is 0.641. The Morgan fingerprint density at radius 1 is 0.929 bits per heavy atom. The van der Waals surface area contributed by atoms with Crippen LogP contribution in [0.25, 0.3) is 5.57 Å². The van der Waals surface area contributed by atoms with Gasteiger partial charge in [-0.25, -0.2) is 0 Å². The van der Waals surface area contributed by atoms with Crippen molar-refractivity contribution >= 4 is 34.4 Å². The standard InChI is InChI=1S/C23H20N2O2S/c1-15-10-11-16(2)18(13-15)24-21-20(19-9-6-12-28-19)22(26)25(23(21)27)14-17-7-4-3-5-8-17/h3-13,24H,14H2,1-2H3. The summed E-state index contributed by atoms with van der Waals surface area (Å²) in [5, 5.41) is 5.17. The molecule has 0 atom stereocenters. The fraction of sp³-hybridized carbons (Fsp3) is 0.130. The summed E-state index contributed by atoms with van der Waals surface area (Å²) in [6.07, 6.45) is 0. The van der Waals surface area contributed by atoms with Gasteiger partial charge in [-0.05, 0) is 48.1 Å². The average molecular weight is 388 g/mol. The second-order valence-electron chi connectivity index (χ2n) is 6.85. The molecule has 140 valence electrons. The number of hydrogen-bond donors (Lipinski definition) is 1. The van der Waals surface area contributed by atoms with E-state index in [0.29, 0.717) is 11.3 Å². The minimum atomic E-state index is -0.293. The topological polar surface area (TPSA) is 49.4 Å². The third kappa shape index (κ3) is 3.37. The first kappa shape index (κ1) is 18.2. The molecule has 0 spiro atoms. The summed E-state index contributed by atoms with van der Waals surface area (Å²) in [6.45, 7) is 4.24. The van der Waals surface area contributed by atoms with Gasteiger partial charge in [-0.2, -0.15) is 0 Å². The molecule has 0 bridgehead atoms. The Kier molecular flexibility index (Phi) is 4.84. The van der Waals surface area contributed by atoms with Crippen molar-refractivity contribution in [3.63, 3.8) is 0 Å². The van der Waals surface area contributed by atoms with E-state index in [-0.39, 0.29) is 18.4 Å². The van der Waals surface area contributed by atoms with Gasteiger partial charge in [0.25, 0.3) is 11.8 Å². The number of thiophene rings is 1. The van der Waals surface area contributed by atoms with E-state index >= 15 is 0 Å². The number of anilines is 1. The van der Waals surface area contributed by atoms with Crippen LogP contribution in [0.4, 0.5) is 5.69 Å². The molecule has 2 aromatic carbocycles. The summed E-state index contributed by atoms with van der Waals surface area (Å²) in [5.41, 5.74) is 4.65. The number of imide groups is 1. The van der Waals surface area contributed by atoms with E-state index in [2.05, 4.69) is 5.32 Å². The van der Waals surface area contributed by atoms with Crippen LogP contribution in [-0.4, -0.2) is 16.7 Å². The summed E-state index contributed by atoms with van der Waals surface area (Å²) in [7, 11) is 0. The smallest absolute Gasteiger partial charge is 0.278 e. The van der Waals surface area contributed by atoms with Crippen molar-refractivity contribution in [3.8, 4) is 0 Å². The van der Waals surface area contributed by atoms with Gasteiger partial charge in [0.2, 0.25) is 0 Å². The highest BCUT2D eigenvalue weighted by Crippen LogP contribution is 2.34. The van der Waals surface area contributed by atoms with Gasteiger partial charge in [-0.15, -0.1) is 11.3 Å². The molecule has 0 saturated heterocycles. The number of aryl methyl sites for hydroxylation is 2. The molecule has 3 aromatic rings. The summed E-state index contributed by atoms with van der Waals surface area (Å²) in [6, 6.07) is 19.4. The van der Waals surface area contributed by atoms with Crippen LogP contribution in [-0.2, 0) is 16.1 Å². The molecule has 4 rings (SSSR count). The zero-order chi connectivity index (χ0) is 19.7. The van der Waals surface area contributed by atoms with E-state index in [4.69, 9.17) is 0 Å². The van der Waals surface area contributed by atoms with Gasteiger partial charge >= 0.3 is 0 Å². The first-order valence-electron chi connectivity index (χ1n) is 9.07. The lowest BCUT2D eigenvalue weighted by Crippen LogP contribution is -2.32. The van der Waals surface area contributed by atoms with Crippen molar-refractivity contribution in [2.75, 3.05) is 5.32 Å². The fourth-order valence-electron chi connectivity index (χ4n) is 3.26. The average Bonchev–Trinajstić information content (AvgIpc) is 3.29. The molecule has 1 N–H and O–H groups in total. The molecule has 0 fully saturated rings. The van der Waals surface area contributed by atoms with Crippen molar-refractivity contribution in [1.29, 1.82) is 0 Å². The monoisotopic (exact) mass is 388 g/mol. The number of benzene rings is 2. The largest absolute Gasteiger partial charge is 0.350 e. The summed E-state index contributed by atoms with van der Waals surface area (Å²) in [5.74, 6) is -0.553. The minimum Gasteiger partial charge on any atom is -0.350 e. The third-order valence-electron chi connectivity index (χ3n) is 4.77. The van der Waals surface area contributed by atoms with Gasteiger partial charge in [0.05, 0.1) is 12.1 Å². The predicted molar refractivity (Wildman–Crippen MR) is 113 cm³/mol. The van der Waals surface area contributed by atoms with Crippen LogP contribution < -0.4 is 5.32 Å². The van der Waals surface area contributed by atoms with Crippen molar-refractivity contribution in [3.05, 3.63) is 93.3 Å². The lowest BCUT2D eigenvalue weighted by molar-refractivity contribution is -0.137. The minimum absolute atomic E-state index is 0.255. The van der Waals surface area contributed by atoms with Gasteiger partial charge < -0.3 is 5.32 Å². The number of carbonyl (C=O) groups excluding carboxylic acids is 2. The SMILES string of the molecule is Cc1ccc(C)c(NC2=C(c3cccs3)C(=O)N(Cc3ccccc3)C2=O)c1. The zero-order valence-corrected chi connectivity index (χ0v) is 16.5. The second kappa shape index (κ2) is 7.44. The maximum atomic E-state index is 13.2. The Morgan fingerprint density at radius 3 is 2.43 bits per heavy atom. The van der Waals surface area contributed by atoms with Crippen molar-refractivity contribution in [2.45, 2.75) is 20.4 Å². The summed E-state index contributed by atoms with van der Waals surface area (Å²) < 4.78 is 0. The molecule has 1 aliphatic rings. The van der Waals surface area contributed by atoms with Gasteiger partial charge in [-0.1, -0.05) is 48.5 Å². The number of nitrogens with one attached hydrogen (secondary N) is 1. The first-order valence-corrected chi connectivity index (χ1v) is 9.95. The third-order valence-corrected chi connectivity index (χ3v) is 5.66. The molecule has 0 saturated carbocycles. The van der Waals surface area contributed by atoms with Gasteiger partial charge in [0.1, 0.15) is 5.70 Å². The van der Waals surface area contributed by atoms with Crippen molar-refractivity contribution in [2.24, 2.45) is 0 Å². The molecule has 2 heterocycles. The normalized spacial score (nSPS) is 14.1. The maximum Gasteiger partial charge on any atom is 0.278 e. The molecule has 0 aliphatic carbocycles. The molecule has 1 aliphatic heterocycles. The van der Waals surface area contributed by atoms with Crippen LogP contribution in [0.5, 0.6) is 0 Å². The number of amides is 2. The Morgan fingerprint density at radius 2 is 1.71 bits per heavy atom. The Balaban J connectivity index is 1.74. The van der Waals surface area contributed by atoms with Crippen LogP contribution >= 0.6 is 11.3 Å². The van der Waals surface area contributed by atoms with Crippen LogP contribution in [0, 0.1) is 13.8 Å². The number of rotatable bonds is 5. The van der Waals surface area contributed by atoms with Gasteiger partial charge in [-0.3, -0.25) is 14.5 Å². The van der Waals surface area contributed by atoms with Crippen LogP contribution in [0.2, 0.25) is 0 Å². The van der Waals surface area contributed by atoms with E-state index in [0.717, 1.165) is 27.3 Å². The second-order valence-corrected chi connectivity index (χ2v) is 7.80. The van der Waals surface area contributed by atoms with Gasteiger partial charge in [0, 0.05) is 10.6 Å². The van der Waals surface area contributed by atoms with E-state index in [1.807, 2.05) is 79.9 Å². The van der Waals surface area contributed by atoms with Crippen LogP contribution in [0.15, 0.2) is 71.7 Å². The highest BCUT2D eigenvalue weighted by atomic mass is 32.1. The molecule has 28 heavy (non-hydrogen) atoms. The summed E-state index contributed by atoms with van der Waals surface area (Å²) >= 11 is 1.46. The fourth-order valence-corrected chi connectivity index (χ4v) is 4.02.